The summed E-state index contributed by atoms with van der Waals surface area (Å²) in [5.41, 5.74) is -2.19. The Balaban J connectivity index is 2.14. The second-order valence-electron chi connectivity index (χ2n) is 8.65. The van der Waals surface area contributed by atoms with Crippen LogP contribution in [0, 0.1) is 5.92 Å². The molecule has 2 aliphatic rings. The van der Waals surface area contributed by atoms with Gasteiger partial charge < -0.3 is 19.7 Å². The number of carbonyl (C=O) groups is 3. The molecule has 2 heterocycles. The molecular formula is C17H28N2O5. The highest BCUT2D eigenvalue weighted by Gasteiger charge is 2.58. The van der Waals surface area contributed by atoms with Crippen LogP contribution in [0.15, 0.2) is 0 Å². The molecule has 2 aliphatic heterocycles. The van der Waals surface area contributed by atoms with Crippen molar-refractivity contribution in [2.45, 2.75) is 71.1 Å². The summed E-state index contributed by atoms with van der Waals surface area (Å²) in [6.07, 6.45) is -0.00629. The van der Waals surface area contributed by atoms with Crippen LogP contribution in [0.1, 0.15) is 54.4 Å². The van der Waals surface area contributed by atoms with Gasteiger partial charge in [-0.15, -0.1) is 0 Å². The van der Waals surface area contributed by atoms with Crippen LogP contribution < -0.4 is 5.32 Å². The maximum atomic E-state index is 12.7. The number of likely N-dealkylation sites (tertiary alicyclic amines) is 1. The quantitative estimate of drug-likeness (QED) is 0.736. The van der Waals surface area contributed by atoms with E-state index in [-0.39, 0.29) is 31.2 Å². The average molecular weight is 340 g/mol. The van der Waals surface area contributed by atoms with Crippen LogP contribution in [0.4, 0.5) is 4.79 Å². The van der Waals surface area contributed by atoms with Crippen molar-refractivity contribution in [3.8, 4) is 0 Å². The molecule has 7 heteroatoms. The van der Waals surface area contributed by atoms with Crippen LogP contribution >= 0.6 is 0 Å². The van der Waals surface area contributed by atoms with Gasteiger partial charge in [0.1, 0.15) is 5.60 Å². The van der Waals surface area contributed by atoms with Gasteiger partial charge in [0, 0.05) is 31.0 Å². The van der Waals surface area contributed by atoms with Crippen LogP contribution in [0.3, 0.4) is 0 Å². The van der Waals surface area contributed by atoms with E-state index in [1.807, 2.05) is 20.8 Å². The minimum absolute atomic E-state index is 0.136. The summed E-state index contributed by atoms with van der Waals surface area (Å²) in [6.45, 7) is 11.6. The van der Waals surface area contributed by atoms with Crippen molar-refractivity contribution in [3.63, 3.8) is 0 Å². The second kappa shape index (κ2) is 5.93. The van der Waals surface area contributed by atoms with E-state index in [4.69, 9.17) is 9.47 Å². The van der Waals surface area contributed by atoms with Gasteiger partial charge in [-0.1, -0.05) is 0 Å². The molecule has 1 N–H and O–H groups in total. The van der Waals surface area contributed by atoms with Crippen molar-refractivity contribution in [2.24, 2.45) is 5.92 Å². The maximum Gasteiger partial charge on any atom is 0.410 e. The Labute approximate surface area is 143 Å². The predicted molar refractivity (Wildman–Crippen MR) is 87.2 cm³/mol. The lowest BCUT2D eigenvalue weighted by Crippen LogP contribution is -2.61. The number of nitrogens with one attached hydrogen (secondary N) is 1. The zero-order chi connectivity index (χ0) is 18.3. The summed E-state index contributed by atoms with van der Waals surface area (Å²) < 4.78 is 10.8. The summed E-state index contributed by atoms with van der Waals surface area (Å²) in [7, 11) is 0. The molecule has 7 nitrogen and oxygen atoms in total. The number of carbonyl (C=O) groups excluding carboxylic acids is 3. The molecule has 0 spiro atoms. The number of esters is 1. The molecule has 0 aromatic carbocycles. The summed E-state index contributed by atoms with van der Waals surface area (Å²) >= 11 is 0. The number of nitrogens with zero attached hydrogens (tertiary/aromatic N) is 1. The van der Waals surface area contributed by atoms with Crippen LogP contribution in [0.2, 0.25) is 0 Å². The summed E-state index contributed by atoms with van der Waals surface area (Å²) in [4.78, 5) is 38.4. The number of hydrogen-bond acceptors (Lipinski definition) is 5. The van der Waals surface area contributed by atoms with Crippen molar-refractivity contribution < 1.29 is 23.9 Å². The van der Waals surface area contributed by atoms with Crippen LogP contribution in [-0.4, -0.2) is 52.7 Å². The van der Waals surface area contributed by atoms with Crippen molar-refractivity contribution in [1.82, 2.24) is 10.2 Å². The third kappa shape index (κ3) is 3.99. The van der Waals surface area contributed by atoms with E-state index in [1.165, 1.54) is 0 Å². The van der Waals surface area contributed by atoms with E-state index in [1.54, 1.807) is 25.7 Å². The first kappa shape index (κ1) is 18.5. The number of hydrogen-bond donors (Lipinski definition) is 1. The van der Waals surface area contributed by atoms with Crippen molar-refractivity contribution in [3.05, 3.63) is 0 Å². The molecule has 0 aromatic heterocycles. The minimum atomic E-state index is -1.18. The van der Waals surface area contributed by atoms with Crippen LogP contribution in [-0.2, 0) is 19.1 Å². The molecule has 136 valence electrons. The first-order valence-corrected chi connectivity index (χ1v) is 8.35. The number of rotatable bonds is 1. The van der Waals surface area contributed by atoms with E-state index in [2.05, 4.69) is 5.32 Å². The Morgan fingerprint density at radius 1 is 1.25 bits per heavy atom. The van der Waals surface area contributed by atoms with Gasteiger partial charge in [0.15, 0.2) is 5.60 Å². The van der Waals surface area contributed by atoms with Gasteiger partial charge in [-0.25, -0.2) is 4.79 Å². The molecule has 2 rings (SSSR count). The minimum Gasteiger partial charge on any atom is -0.448 e. The van der Waals surface area contributed by atoms with E-state index in [0.717, 1.165) is 0 Å². The monoisotopic (exact) mass is 340 g/mol. The first-order valence-electron chi connectivity index (χ1n) is 8.35. The van der Waals surface area contributed by atoms with Gasteiger partial charge in [-0.2, -0.15) is 0 Å². The third-order valence-corrected chi connectivity index (χ3v) is 4.09. The van der Waals surface area contributed by atoms with Gasteiger partial charge >= 0.3 is 12.1 Å². The molecule has 0 radical (unpaired) electrons. The lowest BCUT2D eigenvalue weighted by molar-refractivity contribution is -0.165. The van der Waals surface area contributed by atoms with Gasteiger partial charge in [-0.3, -0.25) is 9.59 Å². The molecule has 0 bridgehead atoms. The van der Waals surface area contributed by atoms with E-state index in [0.29, 0.717) is 6.54 Å². The Morgan fingerprint density at radius 3 is 2.42 bits per heavy atom. The standard InChI is InChI=1S/C17H28N2O5/c1-15(2,3)18-13(21)17-7-8-19(14(22)24-16(4,5)6)10-11(17)9-12(20)23-17/h11H,7-10H2,1-6H3,(H,18,21)/t11-,17-/m0/s1. The SMILES string of the molecule is CC(C)(C)NC(=O)[C@]12CCN(C(=O)OC(C)(C)C)C[C@@H]1CC(=O)O2. The fourth-order valence-corrected chi connectivity index (χ4v) is 3.10. The number of ether oxygens (including phenoxy) is 2. The van der Waals surface area contributed by atoms with Gasteiger partial charge in [0.2, 0.25) is 0 Å². The molecule has 0 unspecified atom stereocenters. The Kier molecular flexibility index (Phi) is 4.59. The lowest BCUT2D eigenvalue weighted by Gasteiger charge is -2.42. The molecule has 2 saturated heterocycles. The predicted octanol–water partition coefficient (Wildman–Crippen LogP) is 1.84. The molecule has 24 heavy (non-hydrogen) atoms. The molecule has 0 aromatic rings. The summed E-state index contributed by atoms with van der Waals surface area (Å²) in [5.74, 6) is -1.03. The van der Waals surface area contributed by atoms with E-state index in [9.17, 15) is 14.4 Å². The summed E-state index contributed by atoms with van der Waals surface area (Å²) in [6, 6.07) is 0. The van der Waals surface area contributed by atoms with Crippen LogP contribution in [0.25, 0.3) is 0 Å². The molecular weight excluding hydrogens is 312 g/mol. The highest BCUT2D eigenvalue weighted by atomic mass is 16.6. The van der Waals surface area contributed by atoms with Gasteiger partial charge in [0.05, 0.1) is 6.42 Å². The maximum absolute atomic E-state index is 12.7. The Morgan fingerprint density at radius 2 is 1.88 bits per heavy atom. The number of fused-ring (bicyclic) bond motifs is 1. The van der Waals surface area contributed by atoms with E-state index >= 15 is 0 Å². The Bertz CT molecular complexity index is 546. The highest BCUT2D eigenvalue weighted by molar-refractivity contribution is 5.92. The molecule has 0 aliphatic carbocycles. The fraction of sp³-hybridized carbons (Fsp3) is 0.824. The topological polar surface area (TPSA) is 84.9 Å². The number of piperidine rings is 1. The summed E-state index contributed by atoms with van der Waals surface area (Å²) in [5, 5.41) is 2.90. The Hall–Kier alpha value is -1.79. The van der Waals surface area contributed by atoms with Gasteiger partial charge in [0.25, 0.3) is 5.91 Å². The normalized spacial score (nSPS) is 27.3. The largest absolute Gasteiger partial charge is 0.448 e. The molecule has 2 amide bonds. The van der Waals surface area contributed by atoms with Gasteiger partial charge in [-0.05, 0) is 41.5 Å². The first-order chi connectivity index (χ1) is 10.8. The third-order valence-electron chi connectivity index (χ3n) is 4.09. The highest BCUT2D eigenvalue weighted by Crippen LogP contribution is 2.40. The molecule has 2 atom stereocenters. The molecule has 2 fully saturated rings. The fourth-order valence-electron chi connectivity index (χ4n) is 3.10. The van der Waals surface area contributed by atoms with Crippen molar-refractivity contribution in [1.29, 1.82) is 0 Å². The molecule has 0 saturated carbocycles. The smallest absolute Gasteiger partial charge is 0.410 e. The number of amides is 2. The van der Waals surface area contributed by atoms with Crippen molar-refractivity contribution in [2.75, 3.05) is 13.1 Å². The average Bonchev–Trinajstić information content (AvgIpc) is 2.70. The van der Waals surface area contributed by atoms with Crippen molar-refractivity contribution >= 4 is 18.0 Å². The zero-order valence-corrected chi connectivity index (χ0v) is 15.4. The van der Waals surface area contributed by atoms with Crippen LogP contribution in [0.5, 0.6) is 0 Å². The lowest BCUT2D eigenvalue weighted by atomic mass is 9.80. The zero-order valence-electron chi connectivity index (χ0n) is 15.4. The van der Waals surface area contributed by atoms with E-state index < -0.39 is 28.8 Å². The second-order valence-corrected chi connectivity index (χ2v) is 8.65.